The fourth-order valence-corrected chi connectivity index (χ4v) is 4.12. The maximum Gasteiger partial charge on any atom is 0.274 e. The lowest BCUT2D eigenvalue weighted by atomic mass is 10.2. The molecular formula is C24H20N6OS. The first-order chi connectivity index (χ1) is 15.7. The molecule has 0 spiro atoms. The zero-order chi connectivity index (χ0) is 21.9. The van der Waals surface area contributed by atoms with Gasteiger partial charge in [0.2, 0.25) is 0 Å². The number of aryl methyl sites for hydroxylation is 1. The first kappa shape index (κ1) is 19.9. The van der Waals surface area contributed by atoms with Gasteiger partial charge in [0.15, 0.2) is 5.13 Å². The minimum absolute atomic E-state index is 0.190. The molecule has 158 valence electrons. The molecule has 0 bridgehead atoms. The fourth-order valence-electron chi connectivity index (χ4n) is 3.44. The van der Waals surface area contributed by atoms with Gasteiger partial charge in [-0.25, -0.2) is 9.97 Å². The van der Waals surface area contributed by atoms with E-state index in [4.69, 9.17) is 0 Å². The fraction of sp³-hybridized carbons (Fsp3) is 0.0833. The van der Waals surface area contributed by atoms with Gasteiger partial charge in [-0.15, -0.1) is 11.3 Å². The van der Waals surface area contributed by atoms with Gasteiger partial charge >= 0.3 is 0 Å². The van der Waals surface area contributed by atoms with Crippen LogP contribution in [0.1, 0.15) is 33.1 Å². The van der Waals surface area contributed by atoms with Gasteiger partial charge in [-0.2, -0.15) is 0 Å². The molecule has 0 saturated heterocycles. The van der Waals surface area contributed by atoms with Crippen LogP contribution in [0.3, 0.4) is 0 Å². The van der Waals surface area contributed by atoms with Crippen LogP contribution in [-0.4, -0.2) is 29.8 Å². The van der Waals surface area contributed by atoms with E-state index in [1.165, 1.54) is 11.3 Å². The molecule has 5 rings (SSSR count). The number of rotatable bonds is 6. The van der Waals surface area contributed by atoms with Crippen LogP contribution in [0.4, 0.5) is 5.13 Å². The number of fused-ring (bicyclic) bond motifs is 1. The SMILES string of the molecule is Cc1cccc2nc(/C=C/c3csc(NC(=O)c4cccn4Cc4ccncc4)n3)cn12. The van der Waals surface area contributed by atoms with Crippen molar-refractivity contribution in [1.29, 1.82) is 0 Å². The van der Waals surface area contributed by atoms with E-state index in [1.54, 1.807) is 18.5 Å². The monoisotopic (exact) mass is 440 g/mol. The molecule has 0 fully saturated rings. The van der Waals surface area contributed by atoms with Gasteiger partial charge < -0.3 is 8.97 Å². The molecule has 0 saturated carbocycles. The molecule has 1 amide bonds. The summed E-state index contributed by atoms with van der Waals surface area (Å²) in [7, 11) is 0. The Balaban J connectivity index is 1.27. The predicted molar refractivity (Wildman–Crippen MR) is 127 cm³/mol. The van der Waals surface area contributed by atoms with Crippen LogP contribution in [0.25, 0.3) is 17.8 Å². The largest absolute Gasteiger partial charge is 0.339 e. The zero-order valence-electron chi connectivity index (χ0n) is 17.3. The number of imidazole rings is 1. The van der Waals surface area contributed by atoms with E-state index in [-0.39, 0.29) is 5.91 Å². The molecule has 0 aliphatic carbocycles. The molecule has 7 nitrogen and oxygen atoms in total. The first-order valence-corrected chi connectivity index (χ1v) is 11.0. The van der Waals surface area contributed by atoms with Crippen molar-refractivity contribution in [3.8, 4) is 0 Å². The molecule has 1 N–H and O–H groups in total. The van der Waals surface area contributed by atoms with Crippen molar-refractivity contribution in [2.75, 3.05) is 5.32 Å². The van der Waals surface area contributed by atoms with Crippen molar-refractivity contribution in [3.05, 3.63) is 101 Å². The number of hydrogen-bond acceptors (Lipinski definition) is 5. The molecule has 32 heavy (non-hydrogen) atoms. The highest BCUT2D eigenvalue weighted by Gasteiger charge is 2.13. The Morgan fingerprint density at radius 2 is 1.91 bits per heavy atom. The number of carbonyl (C=O) groups is 1. The van der Waals surface area contributed by atoms with Gasteiger partial charge in [0, 0.05) is 42.4 Å². The number of aromatic nitrogens is 5. The molecule has 0 aliphatic rings. The van der Waals surface area contributed by atoms with E-state index >= 15 is 0 Å². The highest BCUT2D eigenvalue weighted by molar-refractivity contribution is 7.14. The van der Waals surface area contributed by atoms with Gasteiger partial charge in [0.1, 0.15) is 11.3 Å². The van der Waals surface area contributed by atoms with E-state index in [9.17, 15) is 4.79 Å². The number of thiazole rings is 1. The smallest absolute Gasteiger partial charge is 0.274 e. The van der Waals surface area contributed by atoms with E-state index in [2.05, 4.69) is 20.3 Å². The van der Waals surface area contributed by atoms with Gasteiger partial charge in [-0.1, -0.05) is 6.07 Å². The van der Waals surface area contributed by atoms with Crippen LogP contribution >= 0.6 is 11.3 Å². The van der Waals surface area contributed by atoms with Crippen LogP contribution in [0.15, 0.2) is 72.6 Å². The maximum atomic E-state index is 12.8. The summed E-state index contributed by atoms with van der Waals surface area (Å²) < 4.78 is 3.96. The average Bonchev–Trinajstić information content (AvgIpc) is 3.53. The Kier molecular flexibility index (Phi) is 5.35. The van der Waals surface area contributed by atoms with Gasteiger partial charge in [-0.05, 0) is 61.0 Å². The van der Waals surface area contributed by atoms with E-state index in [0.29, 0.717) is 17.4 Å². The Morgan fingerprint density at radius 1 is 1.06 bits per heavy atom. The minimum Gasteiger partial charge on any atom is -0.339 e. The summed E-state index contributed by atoms with van der Waals surface area (Å²) in [6.07, 6.45) is 11.2. The van der Waals surface area contributed by atoms with Crippen LogP contribution in [0.5, 0.6) is 0 Å². The molecular weight excluding hydrogens is 420 g/mol. The lowest BCUT2D eigenvalue weighted by Crippen LogP contribution is -2.17. The highest BCUT2D eigenvalue weighted by Crippen LogP contribution is 2.19. The second kappa shape index (κ2) is 8.60. The first-order valence-electron chi connectivity index (χ1n) is 10.1. The Morgan fingerprint density at radius 3 is 2.75 bits per heavy atom. The van der Waals surface area contributed by atoms with Gasteiger partial charge in [0.25, 0.3) is 5.91 Å². The Bertz CT molecular complexity index is 1410. The zero-order valence-corrected chi connectivity index (χ0v) is 18.2. The van der Waals surface area contributed by atoms with E-state index in [0.717, 1.165) is 28.3 Å². The van der Waals surface area contributed by atoms with Crippen LogP contribution < -0.4 is 5.32 Å². The number of carbonyl (C=O) groups excluding carboxylic acids is 1. The third-order valence-corrected chi connectivity index (χ3v) is 5.82. The molecule has 5 aromatic heterocycles. The van der Waals surface area contributed by atoms with Crippen LogP contribution in [0.2, 0.25) is 0 Å². The third-order valence-electron chi connectivity index (χ3n) is 5.05. The molecule has 0 aliphatic heterocycles. The molecule has 0 radical (unpaired) electrons. The van der Waals surface area contributed by atoms with Crippen molar-refractivity contribution in [2.45, 2.75) is 13.5 Å². The lowest BCUT2D eigenvalue weighted by Gasteiger charge is -2.08. The molecule has 0 unspecified atom stereocenters. The minimum atomic E-state index is -0.190. The summed E-state index contributed by atoms with van der Waals surface area (Å²) in [4.78, 5) is 25.9. The van der Waals surface area contributed by atoms with E-state index < -0.39 is 0 Å². The van der Waals surface area contributed by atoms with Crippen molar-refractivity contribution in [1.82, 2.24) is 23.9 Å². The van der Waals surface area contributed by atoms with Gasteiger partial charge in [0.05, 0.1) is 11.4 Å². The number of pyridine rings is 2. The topological polar surface area (TPSA) is 77.1 Å². The van der Waals surface area contributed by atoms with Crippen molar-refractivity contribution >= 4 is 40.2 Å². The summed E-state index contributed by atoms with van der Waals surface area (Å²) in [5, 5.41) is 5.36. The van der Waals surface area contributed by atoms with Crippen LogP contribution in [-0.2, 0) is 6.54 Å². The Labute approximate surface area is 188 Å². The summed E-state index contributed by atoms with van der Waals surface area (Å²) in [5.41, 5.74) is 5.31. The highest BCUT2D eigenvalue weighted by atomic mass is 32.1. The maximum absolute atomic E-state index is 12.8. The average molecular weight is 441 g/mol. The van der Waals surface area contributed by atoms with E-state index in [1.807, 2.05) is 82.2 Å². The summed E-state index contributed by atoms with van der Waals surface area (Å²) >= 11 is 1.39. The second-order valence-electron chi connectivity index (χ2n) is 7.30. The molecule has 5 heterocycles. The normalized spacial score (nSPS) is 11.4. The number of nitrogens with zero attached hydrogens (tertiary/aromatic N) is 5. The van der Waals surface area contributed by atoms with Crippen LogP contribution in [0, 0.1) is 6.92 Å². The number of amides is 1. The summed E-state index contributed by atoms with van der Waals surface area (Å²) in [6.45, 7) is 2.65. The number of nitrogens with one attached hydrogen (secondary N) is 1. The van der Waals surface area contributed by atoms with Crippen molar-refractivity contribution in [2.24, 2.45) is 0 Å². The lowest BCUT2D eigenvalue weighted by molar-refractivity contribution is 0.101. The molecule has 5 aromatic rings. The molecule has 0 atom stereocenters. The van der Waals surface area contributed by atoms with Crippen molar-refractivity contribution < 1.29 is 4.79 Å². The molecule has 0 aromatic carbocycles. The quantitative estimate of drug-likeness (QED) is 0.413. The Hall–Kier alpha value is -4.04. The summed E-state index contributed by atoms with van der Waals surface area (Å²) in [6, 6.07) is 13.6. The van der Waals surface area contributed by atoms with Crippen molar-refractivity contribution in [3.63, 3.8) is 0 Å². The number of anilines is 1. The summed E-state index contributed by atoms with van der Waals surface area (Å²) in [5.74, 6) is -0.190. The molecule has 8 heteroatoms. The third kappa shape index (κ3) is 4.21. The standard InChI is InChI=1S/C24H20N6OS/c1-17-4-2-6-22-26-19(15-30(17)22)7-8-20-16-32-24(27-20)28-23(31)21-5-3-13-29(21)14-18-9-11-25-12-10-18/h2-13,15-16H,14H2,1H3,(H,27,28,31)/b8-7+. The predicted octanol–water partition coefficient (Wildman–Crippen LogP) is 4.77. The number of hydrogen-bond donors (Lipinski definition) is 1. The second-order valence-corrected chi connectivity index (χ2v) is 8.16. The van der Waals surface area contributed by atoms with Gasteiger partial charge in [-0.3, -0.25) is 15.1 Å².